The second-order valence-electron chi connectivity index (χ2n) is 8.51. The molecular weight excluding hydrogens is 394 g/mol. The van der Waals surface area contributed by atoms with Crippen LogP contribution in [-0.4, -0.2) is 46.9 Å². The third-order valence-electron chi connectivity index (χ3n) is 6.79. The number of rotatable bonds is 5. The van der Waals surface area contributed by atoms with Gasteiger partial charge in [0.1, 0.15) is 5.75 Å². The lowest BCUT2D eigenvalue weighted by Crippen LogP contribution is -2.56. The molecule has 0 unspecified atom stereocenters. The summed E-state index contributed by atoms with van der Waals surface area (Å²) >= 11 is 0. The summed E-state index contributed by atoms with van der Waals surface area (Å²) in [6.07, 6.45) is 4.19. The van der Waals surface area contributed by atoms with Crippen molar-refractivity contribution in [2.75, 3.05) is 20.3 Å². The molecule has 0 radical (unpaired) electrons. The highest BCUT2D eigenvalue weighted by molar-refractivity contribution is 5.97. The molecule has 2 N–H and O–H groups in total. The fraction of sp³-hybridized carbons (Fsp3) is 0.480. The lowest BCUT2D eigenvalue weighted by molar-refractivity contribution is -0.115. The highest BCUT2D eigenvalue weighted by atomic mass is 16.5. The molecule has 1 amide bonds. The molecule has 6 heteroatoms. The third-order valence-corrected chi connectivity index (χ3v) is 6.79. The SMILES string of the molecule is CCOc1cc([C@@H]2[C@H]3CCCC[C@@]3(O)CCN2C(=O)c2ccccc2OC)ccc1O. The van der Waals surface area contributed by atoms with Crippen LogP contribution < -0.4 is 9.47 Å². The lowest BCUT2D eigenvalue weighted by atomic mass is 9.66. The number of benzene rings is 2. The van der Waals surface area contributed by atoms with E-state index in [1.54, 1.807) is 25.3 Å². The van der Waals surface area contributed by atoms with Gasteiger partial charge in [0, 0.05) is 12.5 Å². The van der Waals surface area contributed by atoms with Gasteiger partial charge in [-0.25, -0.2) is 0 Å². The average Bonchev–Trinajstić information content (AvgIpc) is 2.79. The number of carbonyl (C=O) groups is 1. The van der Waals surface area contributed by atoms with Gasteiger partial charge in [0.2, 0.25) is 0 Å². The van der Waals surface area contributed by atoms with E-state index in [-0.39, 0.29) is 23.6 Å². The van der Waals surface area contributed by atoms with Gasteiger partial charge in [0.25, 0.3) is 5.91 Å². The number of phenols is 1. The largest absolute Gasteiger partial charge is 0.504 e. The Hall–Kier alpha value is -2.73. The molecule has 2 aliphatic rings. The van der Waals surface area contributed by atoms with Crippen LogP contribution in [0.5, 0.6) is 17.2 Å². The zero-order chi connectivity index (χ0) is 22.0. The highest BCUT2D eigenvalue weighted by Crippen LogP contribution is 2.50. The molecule has 0 aromatic heterocycles. The molecule has 0 spiro atoms. The van der Waals surface area contributed by atoms with E-state index in [1.807, 2.05) is 36.1 Å². The van der Waals surface area contributed by atoms with Crippen LogP contribution in [0.1, 0.15) is 61.0 Å². The van der Waals surface area contributed by atoms with Gasteiger partial charge >= 0.3 is 0 Å². The number of para-hydroxylation sites is 1. The first-order valence-corrected chi connectivity index (χ1v) is 11.1. The van der Waals surface area contributed by atoms with Gasteiger partial charge in [-0.05, 0) is 56.0 Å². The van der Waals surface area contributed by atoms with E-state index in [0.29, 0.717) is 36.6 Å². The topological polar surface area (TPSA) is 79.2 Å². The van der Waals surface area contributed by atoms with E-state index >= 15 is 0 Å². The van der Waals surface area contributed by atoms with E-state index < -0.39 is 5.60 Å². The van der Waals surface area contributed by atoms with Crippen molar-refractivity contribution in [1.29, 1.82) is 0 Å². The van der Waals surface area contributed by atoms with Crippen molar-refractivity contribution < 1.29 is 24.5 Å². The molecule has 31 heavy (non-hydrogen) atoms. The Morgan fingerprint density at radius 1 is 1.16 bits per heavy atom. The maximum atomic E-state index is 13.7. The zero-order valence-corrected chi connectivity index (χ0v) is 18.2. The van der Waals surface area contributed by atoms with Crippen LogP contribution in [0.25, 0.3) is 0 Å². The van der Waals surface area contributed by atoms with Gasteiger partial charge in [-0.2, -0.15) is 0 Å². The second kappa shape index (κ2) is 8.79. The molecule has 1 heterocycles. The number of piperidine rings is 1. The molecule has 1 aliphatic carbocycles. The minimum Gasteiger partial charge on any atom is -0.504 e. The first-order valence-electron chi connectivity index (χ1n) is 11.1. The van der Waals surface area contributed by atoms with Crippen molar-refractivity contribution in [3.8, 4) is 17.2 Å². The van der Waals surface area contributed by atoms with Gasteiger partial charge in [0.15, 0.2) is 11.5 Å². The summed E-state index contributed by atoms with van der Waals surface area (Å²) in [7, 11) is 1.56. The first-order chi connectivity index (χ1) is 15.0. The molecule has 166 valence electrons. The number of carbonyl (C=O) groups excluding carboxylic acids is 1. The summed E-state index contributed by atoms with van der Waals surface area (Å²) in [6.45, 7) is 2.75. The van der Waals surface area contributed by atoms with Crippen LogP contribution >= 0.6 is 0 Å². The number of nitrogens with zero attached hydrogens (tertiary/aromatic N) is 1. The molecule has 2 aromatic rings. The molecule has 1 saturated carbocycles. The number of methoxy groups -OCH3 is 1. The Labute approximate surface area is 183 Å². The van der Waals surface area contributed by atoms with Crippen LogP contribution in [0, 0.1) is 5.92 Å². The summed E-state index contributed by atoms with van der Waals surface area (Å²) in [4.78, 5) is 15.6. The fourth-order valence-electron chi connectivity index (χ4n) is 5.28. The van der Waals surface area contributed by atoms with E-state index in [2.05, 4.69) is 0 Å². The highest BCUT2D eigenvalue weighted by Gasteiger charge is 2.50. The van der Waals surface area contributed by atoms with E-state index in [4.69, 9.17) is 9.47 Å². The van der Waals surface area contributed by atoms with Crippen LogP contribution in [0.2, 0.25) is 0 Å². The predicted molar refractivity (Wildman–Crippen MR) is 118 cm³/mol. The van der Waals surface area contributed by atoms with Crippen LogP contribution in [0.15, 0.2) is 42.5 Å². The molecule has 0 bridgehead atoms. The third kappa shape index (κ3) is 3.97. The van der Waals surface area contributed by atoms with Crippen LogP contribution in [0.3, 0.4) is 0 Å². The molecule has 1 aliphatic heterocycles. The minimum atomic E-state index is -0.788. The number of hydrogen-bond acceptors (Lipinski definition) is 5. The van der Waals surface area contributed by atoms with Crippen molar-refractivity contribution in [3.05, 3.63) is 53.6 Å². The molecule has 1 saturated heterocycles. The van der Waals surface area contributed by atoms with Crippen molar-refractivity contribution in [1.82, 2.24) is 4.90 Å². The van der Waals surface area contributed by atoms with Gasteiger partial charge in [-0.3, -0.25) is 4.79 Å². The number of aliphatic hydroxyl groups is 1. The van der Waals surface area contributed by atoms with Gasteiger partial charge < -0.3 is 24.6 Å². The van der Waals surface area contributed by atoms with Gasteiger partial charge in [0.05, 0.1) is 30.9 Å². The standard InChI is InChI=1S/C25H31NO5/c1-3-31-22-16-17(11-12-20(22)27)23-19-9-6-7-13-25(19,29)14-15-26(23)24(28)18-8-4-5-10-21(18)30-2/h4-5,8,10-12,16,19,23,27,29H,3,6-7,9,13-15H2,1-2H3/t19-,23-,25-/m1/s1. The number of fused-ring (bicyclic) bond motifs is 1. The maximum Gasteiger partial charge on any atom is 0.258 e. The summed E-state index contributed by atoms with van der Waals surface area (Å²) in [5.41, 5.74) is 0.596. The minimum absolute atomic E-state index is 0.0721. The van der Waals surface area contributed by atoms with Gasteiger partial charge in [-0.15, -0.1) is 0 Å². The van der Waals surface area contributed by atoms with E-state index in [0.717, 1.165) is 31.2 Å². The quantitative estimate of drug-likeness (QED) is 0.746. The monoisotopic (exact) mass is 425 g/mol. The maximum absolute atomic E-state index is 13.7. The number of likely N-dealkylation sites (tertiary alicyclic amines) is 1. The molecule has 2 fully saturated rings. The first kappa shape index (κ1) is 21.5. The Balaban J connectivity index is 1.79. The van der Waals surface area contributed by atoms with Gasteiger partial charge in [-0.1, -0.05) is 31.0 Å². The molecular formula is C25H31NO5. The van der Waals surface area contributed by atoms with E-state index in [1.165, 1.54) is 0 Å². The van der Waals surface area contributed by atoms with Crippen molar-refractivity contribution in [2.24, 2.45) is 5.92 Å². The molecule has 3 atom stereocenters. The average molecular weight is 426 g/mol. The Morgan fingerprint density at radius 3 is 2.74 bits per heavy atom. The van der Waals surface area contributed by atoms with Crippen LogP contribution in [0.4, 0.5) is 0 Å². The Morgan fingerprint density at radius 2 is 1.97 bits per heavy atom. The second-order valence-corrected chi connectivity index (χ2v) is 8.51. The van der Waals surface area contributed by atoms with Crippen molar-refractivity contribution in [3.63, 3.8) is 0 Å². The van der Waals surface area contributed by atoms with Crippen molar-refractivity contribution >= 4 is 5.91 Å². The molecule has 4 rings (SSSR count). The fourth-order valence-corrected chi connectivity index (χ4v) is 5.28. The van der Waals surface area contributed by atoms with E-state index in [9.17, 15) is 15.0 Å². The number of hydrogen-bond donors (Lipinski definition) is 2. The Bertz CT molecular complexity index is 945. The number of aromatic hydroxyl groups is 1. The van der Waals surface area contributed by atoms with Crippen molar-refractivity contribution in [2.45, 2.75) is 50.7 Å². The summed E-state index contributed by atoms with van der Waals surface area (Å²) in [5, 5.41) is 21.7. The lowest BCUT2D eigenvalue weighted by Gasteiger charge is -2.52. The van der Waals surface area contributed by atoms with Crippen LogP contribution in [-0.2, 0) is 0 Å². The summed E-state index contributed by atoms with van der Waals surface area (Å²) in [6, 6.07) is 12.2. The molecule has 2 aromatic carbocycles. The zero-order valence-electron chi connectivity index (χ0n) is 18.2. The summed E-state index contributed by atoms with van der Waals surface area (Å²) in [5.74, 6) is 0.822. The number of phenolic OH excluding ortho intramolecular Hbond substituents is 1. The Kier molecular flexibility index (Phi) is 6.10. The smallest absolute Gasteiger partial charge is 0.258 e. The predicted octanol–water partition coefficient (Wildman–Crippen LogP) is 4.31. The summed E-state index contributed by atoms with van der Waals surface area (Å²) < 4.78 is 11.1. The molecule has 6 nitrogen and oxygen atoms in total. The number of amides is 1. The normalized spacial score (nSPS) is 25.6. The number of ether oxygens (including phenoxy) is 2.